The molecular formula is C15H25BF4N2. The first-order valence-corrected chi connectivity index (χ1v) is 8.39. The molecule has 0 atom stereocenters. The minimum Gasteiger partial charge on any atom is -0.418 e. The maximum absolute atomic E-state index is 9.75. The van der Waals surface area contributed by atoms with Crippen LogP contribution in [0.25, 0.3) is 0 Å². The number of rotatable bonds is 2. The van der Waals surface area contributed by atoms with Crippen LogP contribution in [-0.4, -0.2) is 11.8 Å². The highest BCUT2D eigenvalue weighted by Gasteiger charge is 2.23. The van der Waals surface area contributed by atoms with Gasteiger partial charge in [0, 0.05) is 0 Å². The van der Waals surface area contributed by atoms with Crippen molar-refractivity contribution in [2.75, 3.05) is 0 Å². The summed E-state index contributed by atoms with van der Waals surface area (Å²) in [6.45, 7) is 0. The average molecular weight is 320 g/mol. The van der Waals surface area contributed by atoms with E-state index in [4.69, 9.17) is 0 Å². The van der Waals surface area contributed by atoms with E-state index in [0.29, 0.717) is 0 Å². The summed E-state index contributed by atoms with van der Waals surface area (Å²) in [4.78, 5) is 0. The largest absolute Gasteiger partial charge is 0.673 e. The molecule has 0 aliphatic heterocycles. The molecule has 0 amide bonds. The van der Waals surface area contributed by atoms with Crippen LogP contribution in [0.1, 0.15) is 76.3 Å². The van der Waals surface area contributed by atoms with E-state index in [1.165, 1.54) is 64.2 Å². The number of imidazole rings is 1. The highest BCUT2D eigenvalue weighted by molar-refractivity contribution is 6.50. The summed E-state index contributed by atoms with van der Waals surface area (Å²) in [7, 11) is -6.00. The summed E-state index contributed by atoms with van der Waals surface area (Å²) >= 11 is 0. The van der Waals surface area contributed by atoms with Gasteiger partial charge in [-0.05, 0) is 51.4 Å². The molecule has 0 aromatic carbocycles. The van der Waals surface area contributed by atoms with Crippen LogP contribution in [0.2, 0.25) is 0 Å². The molecule has 1 heterocycles. The topological polar surface area (TPSA) is 8.81 Å². The molecular weight excluding hydrogens is 295 g/mol. The van der Waals surface area contributed by atoms with E-state index in [2.05, 4.69) is 27.9 Å². The van der Waals surface area contributed by atoms with Crippen LogP contribution in [-0.2, 0) is 0 Å². The normalized spacial score (nSPS) is 21.3. The van der Waals surface area contributed by atoms with E-state index in [9.17, 15) is 17.3 Å². The van der Waals surface area contributed by atoms with Gasteiger partial charge in [-0.2, -0.15) is 0 Å². The molecule has 2 saturated carbocycles. The minimum atomic E-state index is -6.00. The first-order chi connectivity index (χ1) is 10.4. The van der Waals surface area contributed by atoms with Crippen molar-refractivity contribution in [2.24, 2.45) is 0 Å². The SMILES string of the molecule is F[B-](F)(F)F.c1c[n+](C2CCCCC2)cn1C1CCCCC1. The Morgan fingerprint density at radius 1 is 0.818 bits per heavy atom. The van der Waals surface area contributed by atoms with E-state index in [-0.39, 0.29) is 0 Å². The van der Waals surface area contributed by atoms with Crippen molar-refractivity contribution in [3.05, 3.63) is 18.7 Å². The fourth-order valence-corrected chi connectivity index (χ4v) is 3.58. The number of halogens is 4. The Bertz CT molecular complexity index is 396. The molecule has 0 radical (unpaired) electrons. The monoisotopic (exact) mass is 320 g/mol. The van der Waals surface area contributed by atoms with Crippen LogP contribution in [0.4, 0.5) is 17.3 Å². The Labute approximate surface area is 129 Å². The first kappa shape index (κ1) is 17.4. The van der Waals surface area contributed by atoms with Crippen LogP contribution in [0.3, 0.4) is 0 Å². The van der Waals surface area contributed by atoms with E-state index in [1.54, 1.807) is 0 Å². The molecule has 126 valence electrons. The maximum Gasteiger partial charge on any atom is 0.673 e. The van der Waals surface area contributed by atoms with Crippen molar-refractivity contribution >= 4 is 7.25 Å². The molecule has 0 saturated heterocycles. The first-order valence-electron chi connectivity index (χ1n) is 8.39. The standard InChI is InChI=1S/C15H25N2.BF4/c1-3-7-14(8-4-1)16-11-12-17(13-16)15-9-5-2-6-10-15;2-1(3,4)5/h11-15H,1-10H2;/q+1;-1. The second-order valence-corrected chi connectivity index (χ2v) is 6.39. The highest BCUT2D eigenvalue weighted by Crippen LogP contribution is 2.28. The molecule has 2 fully saturated rings. The number of aromatic nitrogens is 2. The van der Waals surface area contributed by atoms with Crippen molar-refractivity contribution < 1.29 is 21.8 Å². The third kappa shape index (κ3) is 6.01. The average Bonchev–Trinajstić information content (AvgIpc) is 2.97. The smallest absolute Gasteiger partial charge is 0.418 e. The summed E-state index contributed by atoms with van der Waals surface area (Å²) in [5.74, 6) is 0. The number of hydrogen-bond acceptors (Lipinski definition) is 0. The molecule has 0 bridgehead atoms. The van der Waals surface area contributed by atoms with Crippen molar-refractivity contribution in [2.45, 2.75) is 76.3 Å². The van der Waals surface area contributed by atoms with Crippen molar-refractivity contribution in [3.63, 3.8) is 0 Å². The molecule has 1 aromatic heterocycles. The van der Waals surface area contributed by atoms with Gasteiger partial charge in [0.2, 0.25) is 6.33 Å². The predicted octanol–water partition coefficient (Wildman–Crippen LogP) is 5.09. The molecule has 7 heteroatoms. The zero-order valence-electron chi connectivity index (χ0n) is 12.9. The fourth-order valence-electron chi connectivity index (χ4n) is 3.58. The Hall–Kier alpha value is -1.01. The van der Waals surface area contributed by atoms with Crippen LogP contribution < -0.4 is 4.57 Å². The summed E-state index contributed by atoms with van der Waals surface area (Å²) in [5.41, 5.74) is 0. The molecule has 3 rings (SSSR count). The maximum atomic E-state index is 9.75. The van der Waals surface area contributed by atoms with Gasteiger partial charge in [0.1, 0.15) is 24.5 Å². The molecule has 2 nitrogen and oxygen atoms in total. The highest BCUT2D eigenvalue weighted by atomic mass is 19.5. The zero-order chi connectivity index (χ0) is 16.0. The Balaban J connectivity index is 0.000000309. The van der Waals surface area contributed by atoms with Gasteiger partial charge in [0.05, 0.1) is 0 Å². The Morgan fingerprint density at radius 2 is 1.32 bits per heavy atom. The van der Waals surface area contributed by atoms with Gasteiger partial charge in [0.15, 0.2) is 0 Å². The quantitative estimate of drug-likeness (QED) is 0.408. The van der Waals surface area contributed by atoms with Gasteiger partial charge in [0.25, 0.3) is 0 Å². The molecule has 1 aromatic rings. The van der Waals surface area contributed by atoms with Crippen LogP contribution in [0.15, 0.2) is 18.7 Å². The number of hydrogen-bond donors (Lipinski definition) is 0. The van der Waals surface area contributed by atoms with E-state index in [1.807, 2.05) is 0 Å². The van der Waals surface area contributed by atoms with E-state index in [0.717, 1.165) is 12.1 Å². The van der Waals surface area contributed by atoms with Gasteiger partial charge in [-0.3, -0.25) is 0 Å². The summed E-state index contributed by atoms with van der Waals surface area (Å²) in [5, 5.41) is 0. The Kier molecular flexibility index (Phi) is 6.32. The lowest BCUT2D eigenvalue weighted by Gasteiger charge is -2.20. The van der Waals surface area contributed by atoms with Crippen molar-refractivity contribution in [1.82, 2.24) is 4.57 Å². The number of nitrogens with zero attached hydrogens (tertiary/aromatic N) is 2. The van der Waals surface area contributed by atoms with E-state index >= 15 is 0 Å². The third-order valence-electron chi connectivity index (χ3n) is 4.67. The van der Waals surface area contributed by atoms with Crippen LogP contribution in [0.5, 0.6) is 0 Å². The zero-order valence-corrected chi connectivity index (χ0v) is 12.9. The molecule has 0 unspecified atom stereocenters. The summed E-state index contributed by atoms with van der Waals surface area (Å²) in [6, 6.07) is 1.57. The molecule has 2 aliphatic rings. The van der Waals surface area contributed by atoms with Gasteiger partial charge >= 0.3 is 7.25 Å². The van der Waals surface area contributed by atoms with Crippen LogP contribution in [0, 0.1) is 0 Å². The second kappa shape index (κ2) is 8.02. The Morgan fingerprint density at radius 3 is 1.86 bits per heavy atom. The van der Waals surface area contributed by atoms with Gasteiger partial charge < -0.3 is 17.3 Å². The lowest BCUT2D eigenvalue weighted by molar-refractivity contribution is -0.725. The van der Waals surface area contributed by atoms with Gasteiger partial charge in [-0.25, -0.2) is 9.13 Å². The summed E-state index contributed by atoms with van der Waals surface area (Å²) < 4.78 is 44.0. The third-order valence-corrected chi connectivity index (χ3v) is 4.67. The van der Waals surface area contributed by atoms with Crippen molar-refractivity contribution in [3.8, 4) is 0 Å². The molecule has 2 aliphatic carbocycles. The van der Waals surface area contributed by atoms with Gasteiger partial charge in [-0.15, -0.1) is 0 Å². The van der Waals surface area contributed by atoms with E-state index < -0.39 is 7.25 Å². The molecule has 0 spiro atoms. The molecule has 22 heavy (non-hydrogen) atoms. The van der Waals surface area contributed by atoms with Gasteiger partial charge in [-0.1, -0.05) is 12.8 Å². The minimum absolute atomic E-state index is 0.786. The van der Waals surface area contributed by atoms with Crippen molar-refractivity contribution in [1.29, 1.82) is 0 Å². The lowest BCUT2D eigenvalue weighted by Crippen LogP contribution is -2.38. The fraction of sp³-hybridized carbons (Fsp3) is 0.800. The van der Waals surface area contributed by atoms with Crippen LogP contribution >= 0.6 is 0 Å². The summed E-state index contributed by atoms with van der Waals surface area (Å²) in [6.07, 6.45) is 21.1. The predicted molar refractivity (Wildman–Crippen MR) is 79.1 cm³/mol. The molecule has 0 N–H and O–H groups in total. The lowest BCUT2D eigenvalue weighted by atomic mass is 9.95. The second-order valence-electron chi connectivity index (χ2n) is 6.39.